The summed E-state index contributed by atoms with van der Waals surface area (Å²) in [6.45, 7) is 3.71. The van der Waals surface area contributed by atoms with E-state index in [0.29, 0.717) is 17.1 Å². The van der Waals surface area contributed by atoms with Crippen molar-refractivity contribution in [1.82, 2.24) is 19.7 Å². The maximum Gasteiger partial charge on any atom is 0.417 e. The Labute approximate surface area is 153 Å². The summed E-state index contributed by atoms with van der Waals surface area (Å²) in [7, 11) is 0. The van der Waals surface area contributed by atoms with E-state index in [0.717, 1.165) is 12.3 Å². The number of nitrogens with zero attached hydrogens (tertiary/aromatic N) is 4. The van der Waals surface area contributed by atoms with Crippen LogP contribution in [0.1, 0.15) is 41.4 Å². The summed E-state index contributed by atoms with van der Waals surface area (Å²) < 4.78 is 39.5. The van der Waals surface area contributed by atoms with Crippen LogP contribution in [0.15, 0.2) is 48.9 Å². The average Bonchev–Trinajstić information content (AvgIpc) is 3.07. The molecule has 1 amide bonds. The molecule has 0 aliphatic heterocycles. The standard InChI is InChI=1S/C18H16F3N5O/c1-11(2)16-13(17(27)25-14-5-3-4-8-22-14)10-24-26(16)15-7-6-12(9-23-15)18(19,20)21/h3-11H,1-2H3,(H,22,25,27). The molecule has 0 aromatic carbocycles. The monoisotopic (exact) mass is 375 g/mol. The van der Waals surface area contributed by atoms with Gasteiger partial charge < -0.3 is 5.32 Å². The van der Waals surface area contributed by atoms with E-state index >= 15 is 0 Å². The van der Waals surface area contributed by atoms with Gasteiger partial charge in [-0.15, -0.1) is 0 Å². The molecule has 27 heavy (non-hydrogen) atoms. The zero-order valence-corrected chi connectivity index (χ0v) is 14.5. The number of hydrogen-bond donors (Lipinski definition) is 1. The number of halogens is 3. The van der Waals surface area contributed by atoms with Gasteiger partial charge in [-0.25, -0.2) is 14.6 Å². The van der Waals surface area contributed by atoms with Gasteiger partial charge in [-0.2, -0.15) is 18.3 Å². The number of anilines is 1. The first kappa shape index (κ1) is 18.6. The lowest BCUT2D eigenvalue weighted by atomic mass is 10.1. The Hall–Kier alpha value is -3.23. The van der Waals surface area contributed by atoms with E-state index in [9.17, 15) is 18.0 Å². The minimum Gasteiger partial charge on any atom is -0.306 e. The van der Waals surface area contributed by atoms with E-state index in [2.05, 4.69) is 20.4 Å². The number of rotatable bonds is 4. The topological polar surface area (TPSA) is 72.7 Å². The van der Waals surface area contributed by atoms with Crippen molar-refractivity contribution in [1.29, 1.82) is 0 Å². The summed E-state index contributed by atoms with van der Waals surface area (Å²) in [6.07, 6.45) is -0.805. The van der Waals surface area contributed by atoms with Gasteiger partial charge in [0.1, 0.15) is 5.82 Å². The van der Waals surface area contributed by atoms with Crippen LogP contribution in [0.4, 0.5) is 19.0 Å². The molecule has 0 saturated heterocycles. The van der Waals surface area contributed by atoms with Crippen molar-refractivity contribution in [2.75, 3.05) is 5.32 Å². The van der Waals surface area contributed by atoms with Crippen molar-refractivity contribution < 1.29 is 18.0 Å². The zero-order chi connectivity index (χ0) is 19.6. The highest BCUT2D eigenvalue weighted by molar-refractivity contribution is 6.04. The molecule has 9 heteroatoms. The fourth-order valence-electron chi connectivity index (χ4n) is 2.57. The van der Waals surface area contributed by atoms with Crippen LogP contribution in [0.25, 0.3) is 5.82 Å². The Kier molecular flexibility index (Phi) is 4.93. The Bertz CT molecular complexity index is 934. The lowest BCUT2D eigenvalue weighted by Gasteiger charge is -2.13. The Morgan fingerprint density at radius 3 is 2.44 bits per heavy atom. The second-order valence-electron chi connectivity index (χ2n) is 6.08. The highest BCUT2D eigenvalue weighted by atomic mass is 19.4. The summed E-state index contributed by atoms with van der Waals surface area (Å²) in [5, 5.41) is 6.83. The number of aromatic nitrogens is 4. The van der Waals surface area contributed by atoms with Crippen LogP contribution in [0.5, 0.6) is 0 Å². The van der Waals surface area contributed by atoms with Crippen LogP contribution in [0.3, 0.4) is 0 Å². The van der Waals surface area contributed by atoms with Crippen LogP contribution < -0.4 is 5.32 Å². The Morgan fingerprint density at radius 2 is 1.89 bits per heavy atom. The molecule has 1 N–H and O–H groups in total. The number of pyridine rings is 2. The summed E-state index contributed by atoms with van der Waals surface area (Å²) >= 11 is 0. The van der Waals surface area contributed by atoms with Crippen molar-refractivity contribution in [2.45, 2.75) is 25.9 Å². The van der Waals surface area contributed by atoms with Gasteiger partial charge in [0.2, 0.25) is 0 Å². The Morgan fingerprint density at radius 1 is 1.11 bits per heavy atom. The van der Waals surface area contributed by atoms with Gasteiger partial charge in [-0.3, -0.25) is 4.79 Å². The quantitative estimate of drug-likeness (QED) is 0.747. The van der Waals surface area contributed by atoms with Crippen molar-refractivity contribution in [3.63, 3.8) is 0 Å². The molecule has 0 bridgehead atoms. The molecule has 0 aliphatic rings. The van der Waals surface area contributed by atoms with E-state index in [1.54, 1.807) is 24.4 Å². The molecule has 0 unspecified atom stereocenters. The SMILES string of the molecule is CC(C)c1c(C(=O)Nc2ccccn2)cnn1-c1ccc(C(F)(F)F)cn1. The third-order valence-corrected chi connectivity index (χ3v) is 3.80. The van der Waals surface area contributed by atoms with Crippen LogP contribution >= 0.6 is 0 Å². The summed E-state index contributed by atoms with van der Waals surface area (Å²) in [4.78, 5) is 20.5. The first-order valence-electron chi connectivity index (χ1n) is 8.11. The molecular weight excluding hydrogens is 359 g/mol. The number of carbonyl (C=O) groups excluding carboxylic acids is 1. The molecule has 0 aliphatic carbocycles. The molecule has 140 valence electrons. The van der Waals surface area contributed by atoms with Gasteiger partial charge in [-0.1, -0.05) is 19.9 Å². The summed E-state index contributed by atoms with van der Waals surface area (Å²) in [6, 6.07) is 7.27. The molecule has 3 heterocycles. The second-order valence-corrected chi connectivity index (χ2v) is 6.08. The van der Waals surface area contributed by atoms with Gasteiger partial charge >= 0.3 is 6.18 Å². The molecule has 0 atom stereocenters. The molecule has 0 saturated carbocycles. The van der Waals surface area contributed by atoms with Crippen molar-refractivity contribution in [3.05, 3.63) is 65.7 Å². The highest BCUT2D eigenvalue weighted by Crippen LogP contribution is 2.29. The average molecular weight is 375 g/mol. The van der Waals surface area contributed by atoms with Crippen LogP contribution in [-0.4, -0.2) is 25.7 Å². The zero-order valence-electron chi connectivity index (χ0n) is 14.5. The number of alkyl halides is 3. The van der Waals surface area contributed by atoms with Crippen LogP contribution in [0.2, 0.25) is 0 Å². The van der Waals surface area contributed by atoms with E-state index in [1.807, 2.05) is 13.8 Å². The normalized spacial score (nSPS) is 11.6. The first-order chi connectivity index (χ1) is 12.8. The van der Waals surface area contributed by atoms with Gasteiger partial charge in [0.05, 0.1) is 23.0 Å². The van der Waals surface area contributed by atoms with Crippen molar-refractivity contribution in [3.8, 4) is 5.82 Å². The van der Waals surface area contributed by atoms with Gasteiger partial charge in [0, 0.05) is 12.4 Å². The predicted octanol–water partition coefficient (Wildman–Crippen LogP) is 4.06. The fraction of sp³-hybridized carbons (Fsp3) is 0.222. The van der Waals surface area contributed by atoms with Gasteiger partial charge in [0.15, 0.2) is 5.82 Å². The predicted molar refractivity (Wildman–Crippen MR) is 92.6 cm³/mol. The largest absolute Gasteiger partial charge is 0.417 e. The summed E-state index contributed by atoms with van der Waals surface area (Å²) in [5.41, 5.74) is -0.00865. The number of carbonyl (C=O) groups is 1. The second kappa shape index (κ2) is 7.18. The van der Waals surface area contributed by atoms with E-state index in [1.165, 1.54) is 16.9 Å². The van der Waals surface area contributed by atoms with E-state index in [-0.39, 0.29) is 11.7 Å². The Balaban J connectivity index is 1.95. The van der Waals surface area contributed by atoms with Crippen LogP contribution in [-0.2, 0) is 6.18 Å². The molecular formula is C18H16F3N5O. The van der Waals surface area contributed by atoms with Gasteiger partial charge in [-0.05, 0) is 30.2 Å². The third kappa shape index (κ3) is 3.97. The molecule has 0 radical (unpaired) electrons. The minimum absolute atomic E-state index is 0.124. The molecule has 3 rings (SSSR count). The number of amides is 1. The third-order valence-electron chi connectivity index (χ3n) is 3.80. The van der Waals surface area contributed by atoms with Crippen molar-refractivity contribution in [2.24, 2.45) is 0 Å². The lowest BCUT2D eigenvalue weighted by Crippen LogP contribution is -2.16. The number of hydrogen-bond acceptors (Lipinski definition) is 4. The van der Waals surface area contributed by atoms with Gasteiger partial charge in [0.25, 0.3) is 5.91 Å². The number of nitrogens with one attached hydrogen (secondary N) is 1. The molecule has 3 aromatic heterocycles. The molecule has 0 fully saturated rings. The smallest absolute Gasteiger partial charge is 0.306 e. The van der Waals surface area contributed by atoms with Crippen LogP contribution in [0, 0.1) is 0 Å². The van der Waals surface area contributed by atoms with E-state index in [4.69, 9.17) is 0 Å². The highest BCUT2D eigenvalue weighted by Gasteiger charge is 2.31. The first-order valence-corrected chi connectivity index (χ1v) is 8.11. The minimum atomic E-state index is -4.47. The maximum atomic E-state index is 12.7. The molecule has 3 aromatic rings. The maximum absolute atomic E-state index is 12.7. The van der Waals surface area contributed by atoms with E-state index < -0.39 is 17.6 Å². The van der Waals surface area contributed by atoms with Crippen molar-refractivity contribution >= 4 is 11.7 Å². The fourth-order valence-corrected chi connectivity index (χ4v) is 2.57. The summed E-state index contributed by atoms with van der Waals surface area (Å²) in [5.74, 6) is 0.0536. The molecule has 6 nitrogen and oxygen atoms in total. The molecule has 0 spiro atoms. The lowest BCUT2D eigenvalue weighted by molar-refractivity contribution is -0.137.